The van der Waals surface area contributed by atoms with E-state index in [-0.39, 0.29) is 30.3 Å². The number of esters is 1. The molecule has 0 aromatic heterocycles. The number of likely N-dealkylation sites (tertiary alicyclic amines) is 1. The third-order valence-electron chi connectivity index (χ3n) is 7.02. The molecule has 33 heavy (non-hydrogen) atoms. The van der Waals surface area contributed by atoms with Gasteiger partial charge in [-0.05, 0) is 62.1 Å². The Morgan fingerprint density at radius 1 is 0.970 bits per heavy atom. The highest BCUT2D eigenvalue weighted by Crippen LogP contribution is 2.42. The average molecular weight is 462 g/mol. The van der Waals surface area contributed by atoms with Gasteiger partial charge in [0.25, 0.3) is 0 Å². The number of methoxy groups -OCH3 is 3. The third-order valence-corrected chi connectivity index (χ3v) is 7.02. The number of aryl methyl sites for hydroxylation is 1. The van der Waals surface area contributed by atoms with Crippen molar-refractivity contribution in [3.05, 3.63) is 23.3 Å². The Morgan fingerprint density at radius 2 is 1.70 bits per heavy atom. The second kappa shape index (κ2) is 12.3. The lowest BCUT2D eigenvalue weighted by molar-refractivity contribution is -0.159. The molecule has 1 saturated heterocycles. The molecule has 2 fully saturated rings. The summed E-state index contributed by atoms with van der Waals surface area (Å²) in [5.74, 6) is 0.962. The summed E-state index contributed by atoms with van der Waals surface area (Å²) in [6, 6.07) is 3.46. The number of hydrogen-bond acceptors (Lipinski definition) is 6. The van der Waals surface area contributed by atoms with Crippen LogP contribution < -0.4 is 9.47 Å². The van der Waals surface area contributed by atoms with E-state index in [4.69, 9.17) is 18.9 Å². The Labute approximate surface area is 197 Å². The van der Waals surface area contributed by atoms with Crippen molar-refractivity contribution in [2.45, 2.75) is 70.3 Å². The van der Waals surface area contributed by atoms with Crippen molar-refractivity contribution in [1.29, 1.82) is 0 Å². The first-order valence-corrected chi connectivity index (χ1v) is 12.2. The van der Waals surface area contributed by atoms with Gasteiger partial charge in [-0.3, -0.25) is 4.79 Å². The fourth-order valence-electron chi connectivity index (χ4n) is 5.39. The van der Waals surface area contributed by atoms with Crippen molar-refractivity contribution in [2.75, 3.05) is 41.1 Å². The summed E-state index contributed by atoms with van der Waals surface area (Å²) >= 11 is 0. The van der Waals surface area contributed by atoms with Crippen molar-refractivity contribution in [1.82, 2.24) is 4.90 Å². The number of hydrogen-bond donors (Lipinski definition) is 0. The molecule has 0 unspecified atom stereocenters. The zero-order chi connectivity index (χ0) is 23.8. The van der Waals surface area contributed by atoms with Crippen molar-refractivity contribution >= 4 is 11.9 Å². The number of benzene rings is 1. The fraction of sp³-hybridized carbons (Fsp3) is 0.692. The number of carbonyl (C=O) groups is 2. The van der Waals surface area contributed by atoms with Gasteiger partial charge in [0.15, 0.2) is 11.5 Å². The number of rotatable bonds is 9. The van der Waals surface area contributed by atoms with Gasteiger partial charge < -0.3 is 23.8 Å². The predicted molar refractivity (Wildman–Crippen MR) is 126 cm³/mol. The fourth-order valence-corrected chi connectivity index (χ4v) is 5.39. The van der Waals surface area contributed by atoms with Crippen LogP contribution in [-0.4, -0.2) is 63.9 Å². The quantitative estimate of drug-likeness (QED) is 0.404. The summed E-state index contributed by atoms with van der Waals surface area (Å²) in [6.45, 7) is 3.11. The number of amides is 1. The minimum Gasteiger partial charge on any atom is -0.493 e. The minimum absolute atomic E-state index is 0.0295. The Morgan fingerprint density at radius 3 is 2.36 bits per heavy atom. The zero-order valence-corrected chi connectivity index (χ0v) is 20.6. The normalized spacial score (nSPS) is 20.2. The van der Waals surface area contributed by atoms with Crippen LogP contribution in [0.1, 0.15) is 68.4 Å². The third kappa shape index (κ3) is 5.99. The second-order valence-corrected chi connectivity index (χ2v) is 9.15. The van der Waals surface area contributed by atoms with Crippen molar-refractivity contribution < 1.29 is 28.5 Å². The van der Waals surface area contributed by atoms with Crippen LogP contribution in [0.15, 0.2) is 12.1 Å². The first-order valence-electron chi connectivity index (χ1n) is 12.2. The topological polar surface area (TPSA) is 74.3 Å². The monoisotopic (exact) mass is 461 g/mol. The lowest BCUT2D eigenvalue weighted by Gasteiger charge is -2.39. The van der Waals surface area contributed by atoms with Crippen LogP contribution in [-0.2, 0) is 19.1 Å². The maximum Gasteiger partial charge on any atom is 0.328 e. The molecule has 1 aromatic carbocycles. The summed E-state index contributed by atoms with van der Waals surface area (Å²) in [4.78, 5) is 28.8. The molecule has 1 aromatic rings. The molecule has 7 nitrogen and oxygen atoms in total. The lowest BCUT2D eigenvalue weighted by atomic mass is 9.75. The van der Waals surface area contributed by atoms with Gasteiger partial charge in [0.2, 0.25) is 5.91 Å². The summed E-state index contributed by atoms with van der Waals surface area (Å²) in [7, 11) is 4.82. The standard InChI is InChI=1S/C26H39NO6/c1-18-16-20(17-22(31-3)24(18)32-4)23(19-10-6-5-7-11-19)25(28)27-13-9-8-12-21(27)26(29)33-15-14-30-2/h16-17,19,21,23H,5-15H2,1-4H3/t21-,23-/m0/s1. The second-order valence-electron chi connectivity index (χ2n) is 9.15. The van der Waals surface area contributed by atoms with Crippen molar-refractivity contribution in [3.63, 3.8) is 0 Å². The van der Waals surface area contributed by atoms with Gasteiger partial charge in [0.05, 0.1) is 26.7 Å². The van der Waals surface area contributed by atoms with Crippen molar-refractivity contribution in [3.8, 4) is 11.5 Å². The molecule has 184 valence electrons. The van der Waals surface area contributed by atoms with E-state index < -0.39 is 6.04 Å². The maximum absolute atomic E-state index is 14.1. The van der Waals surface area contributed by atoms with Crippen LogP contribution in [0.25, 0.3) is 0 Å². The smallest absolute Gasteiger partial charge is 0.328 e. The summed E-state index contributed by atoms with van der Waals surface area (Å²) in [5.41, 5.74) is 1.88. The van der Waals surface area contributed by atoms with Gasteiger partial charge in [0.1, 0.15) is 12.6 Å². The number of piperidine rings is 1. The Kier molecular flexibility index (Phi) is 9.41. The van der Waals surface area contributed by atoms with E-state index in [1.54, 1.807) is 26.2 Å². The highest BCUT2D eigenvalue weighted by atomic mass is 16.6. The Balaban J connectivity index is 1.94. The first kappa shape index (κ1) is 25.3. The van der Waals surface area contributed by atoms with Crippen LogP contribution in [0.5, 0.6) is 11.5 Å². The van der Waals surface area contributed by atoms with Gasteiger partial charge in [-0.15, -0.1) is 0 Å². The van der Waals surface area contributed by atoms with Gasteiger partial charge in [-0.2, -0.15) is 0 Å². The molecule has 1 aliphatic carbocycles. The van der Waals surface area contributed by atoms with Gasteiger partial charge in [0, 0.05) is 13.7 Å². The van der Waals surface area contributed by atoms with E-state index in [2.05, 4.69) is 0 Å². The highest BCUT2D eigenvalue weighted by molar-refractivity contribution is 5.89. The number of nitrogens with zero attached hydrogens (tertiary/aromatic N) is 1. The van der Waals surface area contributed by atoms with Crippen LogP contribution in [0.2, 0.25) is 0 Å². The average Bonchev–Trinajstić information content (AvgIpc) is 2.84. The lowest BCUT2D eigenvalue weighted by Crippen LogP contribution is -2.51. The maximum atomic E-state index is 14.1. The van der Waals surface area contributed by atoms with Gasteiger partial charge >= 0.3 is 5.97 Å². The molecule has 0 radical (unpaired) electrons. The van der Waals surface area contributed by atoms with E-state index in [1.807, 2.05) is 19.1 Å². The molecular weight excluding hydrogens is 422 g/mol. The summed E-state index contributed by atoms with van der Waals surface area (Å²) in [6.07, 6.45) is 7.95. The molecule has 1 amide bonds. The molecule has 1 heterocycles. The van der Waals surface area contributed by atoms with Gasteiger partial charge in [-0.25, -0.2) is 4.79 Å². The SMILES string of the molecule is COCCOC(=O)[C@@H]1CCCCN1C(=O)[C@H](c1cc(C)c(OC)c(OC)c1)C1CCCCC1. The summed E-state index contributed by atoms with van der Waals surface area (Å²) < 4.78 is 21.6. The number of ether oxygens (including phenoxy) is 4. The van der Waals surface area contributed by atoms with Crippen molar-refractivity contribution in [2.24, 2.45) is 5.92 Å². The number of carbonyl (C=O) groups excluding carboxylic acids is 2. The molecule has 3 rings (SSSR count). The molecule has 0 bridgehead atoms. The molecule has 1 saturated carbocycles. The van der Waals surface area contributed by atoms with E-state index in [1.165, 1.54) is 6.42 Å². The molecule has 2 atom stereocenters. The zero-order valence-electron chi connectivity index (χ0n) is 20.6. The molecule has 0 N–H and O–H groups in total. The summed E-state index contributed by atoms with van der Waals surface area (Å²) in [5, 5.41) is 0. The van der Waals surface area contributed by atoms with Crippen LogP contribution in [0.3, 0.4) is 0 Å². The molecular formula is C26H39NO6. The van der Waals surface area contributed by atoms with E-state index >= 15 is 0 Å². The van der Waals surface area contributed by atoms with Crippen LogP contribution >= 0.6 is 0 Å². The molecule has 7 heteroatoms. The van der Waals surface area contributed by atoms with E-state index in [9.17, 15) is 9.59 Å². The Hall–Kier alpha value is -2.28. The highest BCUT2D eigenvalue weighted by Gasteiger charge is 2.40. The minimum atomic E-state index is -0.532. The van der Waals surface area contributed by atoms with Crippen LogP contribution in [0, 0.1) is 12.8 Å². The van der Waals surface area contributed by atoms with E-state index in [0.717, 1.165) is 49.7 Å². The first-order chi connectivity index (χ1) is 16.0. The van der Waals surface area contributed by atoms with Gasteiger partial charge in [-0.1, -0.05) is 25.3 Å². The Bertz CT molecular complexity index is 804. The predicted octanol–water partition coefficient (Wildman–Crippen LogP) is 4.25. The van der Waals surface area contributed by atoms with Crippen LogP contribution in [0.4, 0.5) is 0 Å². The largest absolute Gasteiger partial charge is 0.493 e. The molecule has 0 spiro atoms. The van der Waals surface area contributed by atoms with E-state index in [0.29, 0.717) is 31.1 Å². The molecule has 1 aliphatic heterocycles. The molecule has 2 aliphatic rings.